The Hall–Kier alpha value is -1.31. The van der Waals surface area contributed by atoms with Crippen LogP contribution in [0.4, 0.5) is 4.39 Å². The summed E-state index contributed by atoms with van der Waals surface area (Å²) in [7, 11) is 0. The van der Waals surface area contributed by atoms with Crippen LogP contribution in [0.3, 0.4) is 0 Å². The Morgan fingerprint density at radius 3 is 2.93 bits per heavy atom. The van der Waals surface area contributed by atoms with Crippen LogP contribution in [0.1, 0.15) is 24.1 Å². The molecule has 0 saturated heterocycles. The summed E-state index contributed by atoms with van der Waals surface area (Å²) in [6.45, 7) is 0. The minimum absolute atomic E-state index is 0.0816. The van der Waals surface area contributed by atoms with Gasteiger partial charge in [-0.3, -0.25) is 0 Å². The van der Waals surface area contributed by atoms with Crippen LogP contribution < -0.4 is 0 Å². The fraction of sp³-hybridized carbons (Fsp3) is 0.333. The third-order valence-corrected chi connectivity index (χ3v) is 3.07. The lowest BCUT2D eigenvalue weighted by Gasteiger charge is -2.10. The predicted molar refractivity (Wildman–Crippen MR) is 54.9 cm³/mol. The molecule has 0 saturated carbocycles. The van der Waals surface area contributed by atoms with Crippen LogP contribution in [-0.2, 0) is 12.8 Å². The number of fused-ring (bicyclic) bond motifs is 3. The molecule has 14 heavy (non-hydrogen) atoms. The molecule has 2 aromatic rings. The molecule has 1 aromatic heterocycles. The zero-order chi connectivity index (χ0) is 9.54. The number of H-pyrrole nitrogens is 1. The highest BCUT2D eigenvalue weighted by atomic mass is 19.1. The van der Waals surface area contributed by atoms with Crippen molar-refractivity contribution < 1.29 is 4.39 Å². The zero-order valence-electron chi connectivity index (χ0n) is 7.94. The van der Waals surface area contributed by atoms with E-state index in [1.165, 1.54) is 24.1 Å². The van der Waals surface area contributed by atoms with Gasteiger partial charge >= 0.3 is 0 Å². The van der Waals surface area contributed by atoms with Gasteiger partial charge < -0.3 is 4.98 Å². The molecule has 72 valence electrons. The maximum absolute atomic E-state index is 13.6. The lowest BCUT2D eigenvalue weighted by atomic mass is 9.95. The number of hydrogen-bond donors (Lipinski definition) is 1. The first kappa shape index (κ1) is 8.04. The third-order valence-electron chi connectivity index (χ3n) is 3.07. The first-order chi connectivity index (χ1) is 6.86. The fourth-order valence-corrected chi connectivity index (χ4v) is 2.42. The van der Waals surface area contributed by atoms with E-state index >= 15 is 0 Å². The highest BCUT2D eigenvalue weighted by Crippen LogP contribution is 2.30. The highest BCUT2D eigenvalue weighted by molar-refractivity contribution is 5.85. The largest absolute Gasteiger partial charge is 0.358 e. The van der Waals surface area contributed by atoms with Crippen molar-refractivity contribution in [2.24, 2.45) is 0 Å². The number of hydrogen-bond acceptors (Lipinski definition) is 0. The van der Waals surface area contributed by atoms with E-state index in [4.69, 9.17) is 0 Å². The number of aryl methyl sites for hydroxylation is 2. The van der Waals surface area contributed by atoms with Crippen LogP contribution in [0.15, 0.2) is 18.2 Å². The van der Waals surface area contributed by atoms with E-state index in [0.717, 1.165) is 23.7 Å². The number of benzene rings is 1. The van der Waals surface area contributed by atoms with Crippen LogP contribution in [0.5, 0.6) is 0 Å². The second kappa shape index (κ2) is 2.84. The van der Waals surface area contributed by atoms with E-state index in [1.807, 2.05) is 6.07 Å². The van der Waals surface area contributed by atoms with Crippen molar-refractivity contribution in [3.8, 4) is 0 Å². The van der Waals surface area contributed by atoms with Gasteiger partial charge in [-0.2, -0.15) is 0 Å². The van der Waals surface area contributed by atoms with E-state index in [0.29, 0.717) is 0 Å². The Balaban J connectivity index is 2.38. The average Bonchev–Trinajstić information content (AvgIpc) is 2.57. The van der Waals surface area contributed by atoms with Gasteiger partial charge in [0.05, 0.1) is 0 Å². The monoisotopic (exact) mass is 189 g/mol. The molecule has 0 bridgehead atoms. The smallest absolute Gasteiger partial charge is 0.132 e. The Morgan fingerprint density at radius 2 is 2.00 bits per heavy atom. The van der Waals surface area contributed by atoms with Crippen LogP contribution in [0.2, 0.25) is 0 Å². The molecule has 1 aliphatic carbocycles. The van der Waals surface area contributed by atoms with Crippen molar-refractivity contribution in [1.82, 2.24) is 4.98 Å². The van der Waals surface area contributed by atoms with Crippen LogP contribution in [0.25, 0.3) is 10.9 Å². The quantitative estimate of drug-likeness (QED) is 0.655. The lowest BCUT2D eigenvalue weighted by Crippen LogP contribution is -2.00. The molecule has 1 aromatic carbocycles. The first-order valence-electron chi connectivity index (χ1n) is 5.14. The van der Waals surface area contributed by atoms with Crippen molar-refractivity contribution in [2.45, 2.75) is 25.7 Å². The SMILES string of the molecule is Fc1cccc2[nH]c3c(c12)CCCC3. The minimum Gasteiger partial charge on any atom is -0.358 e. The molecule has 0 amide bonds. The Bertz CT molecular complexity index is 484. The van der Waals surface area contributed by atoms with Gasteiger partial charge in [0.2, 0.25) is 0 Å². The topological polar surface area (TPSA) is 15.8 Å². The Labute approximate surface area is 81.9 Å². The molecule has 0 radical (unpaired) electrons. The van der Waals surface area contributed by atoms with Gasteiger partial charge in [-0.05, 0) is 43.4 Å². The first-order valence-corrected chi connectivity index (χ1v) is 5.14. The highest BCUT2D eigenvalue weighted by Gasteiger charge is 2.17. The number of nitrogens with one attached hydrogen (secondary N) is 1. The van der Waals surface area contributed by atoms with Gasteiger partial charge in [0.15, 0.2) is 0 Å². The summed E-state index contributed by atoms with van der Waals surface area (Å²) >= 11 is 0. The molecule has 0 unspecified atom stereocenters. The molecule has 0 aliphatic heterocycles. The van der Waals surface area contributed by atoms with Gasteiger partial charge in [0, 0.05) is 16.6 Å². The molecular formula is C12H12FN. The van der Waals surface area contributed by atoms with Gasteiger partial charge in [0.1, 0.15) is 5.82 Å². The van der Waals surface area contributed by atoms with Gasteiger partial charge in [0.25, 0.3) is 0 Å². The minimum atomic E-state index is -0.0816. The van der Waals surface area contributed by atoms with Crippen LogP contribution >= 0.6 is 0 Å². The molecule has 2 heteroatoms. The van der Waals surface area contributed by atoms with Crippen molar-refractivity contribution in [3.05, 3.63) is 35.3 Å². The summed E-state index contributed by atoms with van der Waals surface area (Å²) in [6, 6.07) is 5.27. The predicted octanol–water partition coefficient (Wildman–Crippen LogP) is 3.19. The maximum atomic E-state index is 13.6. The summed E-state index contributed by atoms with van der Waals surface area (Å²) in [5, 5.41) is 0.821. The second-order valence-electron chi connectivity index (χ2n) is 3.95. The van der Waals surface area contributed by atoms with Crippen LogP contribution in [0, 0.1) is 5.82 Å². The zero-order valence-corrected chi connectivity index (χ0v) is 7.94. The molecular weight excluding hydrogens is 177 g/mol. The summed E-state index contributed by atoms with van der Waals surface area (Å²) in [5.74, 6) is -0.0816. The Morgan fingerprint density at radius 1 is 1.14 bits per heavy atom. The van der Waals surface area contributed by atoms with Crippen molar-refractivity contribution >= 4 is 10.9 Å². The molecule has 1 N–H and O–H groups in total. The van der Waals surface area contributed by atoms with E-state index in [2.05, 4.69) is 4.98 Å². The molecule has 0 atom stereocenters. The van der Waals surface area contributed by atoms with Crippen molar-refractivity contribution in [1.29, 1.82) is 0 Å². The van der Waals surface area contributed by atoms with Gasteiger partial charge in [-0.1, -0.05) is 6.07 Å². The van der Waals surface area contributed by atoms with Crippen molar-refractivity contribution in [2.75, 3.05) is 0 Å². The molecule has 1 nitrogen and oxygen atoms in total. The molecule has 3 rings (SSSR count). The number of rotatable bonds is 0. The lowest BCUT2D eigenvalue weighted by molar-refractivity contribution is 0.635. The fourth-order valence-electron chi connectivity index (χ4n) is 2.42. The average molecular weight is 189 g/mol. The van der Waals surface area contributed by atoms with E-state index in [-0.39, 0.29) is 5.82 Å². The van der Waals surface area contributed by atoms with E-state index in [1.54, 1.807) is 12.1 Å². The van der Waals surface area contributed by atoms with E-state index < -0.39 is 0 Å². The molecule has 0 spiro atoms. The number of aromatic nitrogens is 1. The normalized spacial score (nSPS) is 15.8. The molecule has 1 aliphatic rings. The number of halogens is 1. The molecule has 0 fully saturated rings. The van der Waals surface area contributed by atoms with E-state index in [9.17, 15) is 4.39 Å². The molecule has 1 heterocycles. The maximum Gasteiger partial charge on any atom is 0.132 e. The summed E-state index contributed by atoms with van der Waals surface area (Å²) < 4.78 is 13.6. The Kier molecular flexibility index (Phi) is 1.63. The van der Waals surface area contributed by atoms with Gasteiger partial charge in [-0.15, -0.1) is 0 Å². The summed E-state index contributed by atoms with van der Waals surface area (Å²) in [4.78, 5) is 3.32. The summed E-state index contributed by atoms with van der Waals surface area (Å²) in [6.07, 6.45) is 4.51. The van der Waals surface area contributed by atoms with Crippen molar-refractivity contribution in [3.63, 3.8) is 0 Å². The summed E-state index contributed by atoms with van der Waals surface area (Å²) in [5.41, 5.74) is 3.41. The second-order valence-corrected chi connectivity index (χ2v) is 3.95. The van der Waals surface area contributed by atoms with Gasteiger partial charge in [-0.25, -0.2) is 4.39 Å². The van der Waals surface area contributed by atoms with Crippen LogP contribution in [-0.4, -0.2) is 4.98 Å². The standard InChI is InChI=1S/C12H12FN/c13-9-5-3-7-11-12(9)8-4-1-2-6-10(8)14-11/h3,5,7,14H,1-2,4,6H2. The number of aromatic amines is 1. The third kappa shape index (κ3) is 0.999.